The number of halogens is 1. The third-order valence-corrected chi connectivity index (χ3v) is 4.90. The Bertz CT molecular complexity index is 988. The largest absolute Gasteiger partial charge is 0.273 e. The molecule has 0 aliphatic carbocycles. The van der Waals surface area contributed by atoms with Crippen molar-refractivity contribution in [1.82, 2.24) is 15.0 Å². The number of pyridine rings is 2. The van der Waals surface area contributed by atoms with Gasteiger partial charge in [0.05, 0.1) is 16.9 Å². The second kappa shape index (κ2) is 7.33. The van der Waals surface area contributed by atoms with Crippen molar-refractivity contribution in [3.05, 3.63) is 70.6 Å². The van der Waals surface area contributed by atoms with E-state index in [1.807, 2.05) is 36.4 Å². The van der Waals surface area contributed by atoms with Crippen molar-refractivity contribution < 1.29 is 4.79 Å². The Balaban J connectivity index is 1.76. The summed E-state index contributed by atoms with van der Waals surface area (Å²) in [6.45, 7) is 0.666. The number of fused-ring (bicyclic) bond motifs is 1. The second-order valence-corrected chi connectivity index (χ2v) is 7.11. The molecule has 0 spiro atoms. The van der Waals surface area contributed by atoms with Gasteiger partial charge in [-0.05, 0) is 42.3 Å². The van der Waals surface area contributed by atoms with E-state index in [1.54, 1.807) is 17.4 Å². The van der Waals surface area contributed by atoms with Crippen LogP contribution in [0.2, 0.25) is 0 Å². The molecular weight excluding hydrogens is 392 g/mol. The molecule has 2 aromatic heterocycles. The average molecular weight is 409 g/mol. The number of aromatic nitrogens is 2. The number of hydrogen-bond acceptors (Lipinski definition) is 4. The smallest absolute Gasteiger partial charge is 0.242 e. The molecule has 0 saturated carbocycles. The van der Waals surface area contributed by atoms with Crippen LogP contribution in [-0.4, -0.2) is 33.1 Å². The summed E-state index contributed by atoms with van der Waals surface area (Å²) in [4.78, 5) is 20.9. The lowest BCUT2D eigenvalue weighted by Crippen LogP contribution is -2.22. The molecule has 0 atom stereocenters. The van der Waals surface area contributed by atoms with Gasteiger partial charge in [0.25, 0.3) is 0 Å². The van der Waals surface area contributed by atoms with Crippen molar-refractivity contribution in [3.63, 3.8) is 0 Å². The number of carbonyl (C=O) groups is 1. The number of amides is 1. The molecule has 1 amide bonds. The second-order valence-electron chi connectivity index (χ2n) is 6.19. The Morgan fingerprint density at radius 1 is 1.15 bits per heavy atom. The van der Waals surface area contributed by atoms with E-state index in [9.17, 15) is 4.79 Å². The van der Waals surface area contributed by atoms with E-state index in [0.717, 1.165) is 38.8 Å². The van der Waals surface area contributed by atoms with Gasteiger partial charge in [0.1, 0.15) is 0 Å². The molecule has 26 heavy (non-hydrogen) atoms. The molecule has 0 bridgehead atoms. The normalized spacial score (nSPS) is 15.0. The lowest BCUT2D eigenvalue weighted by atomic mass is 10.0. The molecule has 3 aromatic rings. The zero-order valence-corrected chi connectivity index (χ0v) is 15.7. The zero-order valence-electron chi connectivity index (χ0n) is 14.1. The SMILES string of the molecule is O=C1CCCN1N=C(Cc1ccnc2cc(Br)ccc12)c1ccccn1. The molecular formula is C20H17BrN4O. The molecule has 5 nitrogen and oxygen atoms in total. The summed E-state index contributed by atoms with van der Waals surface area (Å²) in [5.41, 5.74) is 3.61. The predicted octanol–water partition coefficient (Wildman–Crippen LogP) is 3.96. The minimum atomic E-state index is 0.0712. The van der Waals surface area contributed by atoms with Gasteiger partial charge in [-0.15, -0.1) is 0 Å². The van der Waals surface area contributed by atoms with E-state index < -0.39 is 0 Å². The summed E-state index contributed by atoms with van der Waals surface area (Å²) < 4.78 is 0.996. The van der Waals surface area contributed by atoms with Crippen LogP contribution >= 0.6 is 15.9 Å². The highest BCUT2D eigenvalue weighted by Crippen LogP contribution is 2.23. The summed E-state index contributed by atoms with van der Waals surface area (Å²) in [5, 5.41) is 7.30. The van der Waals surface area contributed by atoms with Crippen molar-refractivity contribution in [2.75, 3.05) is 6.54 Å². The number of carbonyl (C=O) groups excluding carboxylic acids is 1. The number of hydrogen-bond donors (Lipinski definition) is 0. The molecule has 1 aliphatic heterocycles. The number of nitrogens with zero attached hydrogens (tertiary/aromatic N) is 4. The Kier molecular flexibility index (Phi) is 4.75. The van der Waals surface area contributed by atoms with Crippen LogP contribution in [0.3, 0.4) is 0 Å². The van der Waals surface area contributed by atoms with Gasteiger partial charge in [-0.1, -0.05) is 28.1 Å². The molecule has 1 fully saturated rings. The zero-order chi connectivity index (χ0) is 17.9. The molecule has 1 aliphatic rings. The monoisotopic (exact) mass is 408 g/mol. The topological polar surface area (TPSA) is 58.5 Å². The average Bonchev–Trinajstić information content (AvgIpc) is 3.06. The molecule has 6 heteroatoms. The van der Waals surface area contributed by atoms with E-state index in [1.165, 1.54) is 0 Å². The standard InChI is InChI=1S/C20H17BrN4O/c21-15-6-7-16-14(8-10-23-18(16)13-15)12-19(17-4-1-2-9-22-17)24-25-11-3-5-20(25)26/h1-2,4,6-10,13H,3,5,11-12H2. The van der Waals surface area contributed by atoms with Crippen LogP contribution in [-0.2, 0) is 11.2 Å². The summed E-state index contributed by atoms with van der Waals surface area (Å²) in [7, 11) is 0. The maximum atomic E-state index is 12.0. The first kappa shape index (κ1) is 16.8. The molecule has 1 aromatic carbocycles. The number of rotatable bonds is 4. The molecule has 1 saturated heterocycles. The summed E-state index contributed by atoms with van der Waals surface area (Å²) in [6.07, 6.45) is 5.55. The fourth-order valence-electron chi connectivity index (χ4n) is 3.11. The van der Waals surface area contributed by atoms with Gasteiger partial charge < -0.3 is 0 Å². The third-order valence-electron chi connectivity index (χ3n) is 4.40. The van der Waals surface area contributed by atoms with E-state index in [0.29, 0.717) is 19.4 Å². The Morgan fingerprint density at radius 3 is 2.85 bits per heavy atom. The van der Waals surface area contributed by atoms with Crippen molar-refractivity contribution in [2.45, 2.75) is 19.3 Å². The fourth-order valence-corrected chi connectivity index (χ4v) is 3.46. The molecule has 0 N–H and O–H groups in total. The predicted molar refractivity (Wildman–Crippen MR) is 105 cm³/mol. The molecule has 0 radical (unpaired) electrons. The highest BCUT2D eigenvalue weighted by Gasteiger charge is 2.21. The van der Waals surface area contributed by atoms with E-state index in [-0.39, 0.29) is 5.91 Å². The Labute approximate surface area is 159 Å². The first-order valence-corrected chi connectivity index (χ1v) is 9.32. The first-order valence-electron chi connectivity index (χ1n) is 8.53. The van der Waals surface area contributed by atoms with Gasteiger partial charge in [-0.25, -0.2) is 5.01 Å². The molecule has 130 valence electrons. The van der Waals surface area contributed by atoms with Crippen LogP contribution < -0.4 is 0 Å². The van der Waals surface area contributed by atoms with Crippen molar-refractivity contribution in [2.24, 2.45) is 5.10 Å². The van der Waals surface area contributed by atoms with Crippen LogP contribution in [0.4, 0.5) is 0 Å². The number of benzene rings is 1. The van der Waals surface area contributed by atoms with E-state index in [4.69, 9.17) is 0 Å². The summed E-state index contributed by atoms with van der Waals surface area (Å²) in [6, 6.07) is 13.8. The molecule has 4 rings (SSSR count). The van der Waals surface area contributed by atoms with Gasteiger partial charge in [0.2, 0.25) is 5.91 Å². The highest BCUT2D eigenvalue weighted by atomic mass is 79.9. The van der Waals surface area contributed by atoms with E-state index in [2.05, 4.69) is 37.1 Å². The van der Waals surface area contributed by atoms with Gasteiger partial charge >= 0.3 is 0 Å². The number of hydrazone groups is 1. The lowest BCUT2D eigenvalue weighted by Gasteiger charge is -2.14. The summed E-state index contributed by atoms with van der Waals surface area (Å²) in [5.74, 6) is 0.0712. The van der Waals surface area contributed by atoms with Crippen LogP contribution in [0.25, 0.3) is 10.9 Å². The fraction of sp³-hybridized carbons (Fsp3) is 0.200. The molecule has 0 unspecified atom stereocenters. The summed E-state index contributed by atoms with van der Waals surface area (Å²) >= 11 is 3.49. The Hall–Kier alpha value is -2.60. The maximum Gasteiger partial charge on any atom is 0.242 e. The van der Waals surface area contributed by atoms with Crippen LogP contribution in [0.5, 0.6) is 0 Å². The highest BCUT2D eigenvalue weighted by molar-refractivity contribution is 9.10. The minimum Gasteiger partial charge on any atom is -0.273 e. The first-order chi connectivity index (χ1) is 12.7. The van der Waals surface area contributed by atoms with Crippen LogP contribution in [0.1, 0.15) is 24.1 Å². The maximum absolute atomic E-state index is 12.0. The molecule has 3 heterocycles. The third kappa shape index (κ3) is 3.51. The van der Waals surface area contributed by atoms with Crippen LogP contribution in [0, 0.1) is 0 Å². The quantitative estimate of drug-likeness (QED) is 0.613. The van der Waals surface area contributed by atoms with Gasteiger partial charge in [-0.2, -0.15) is 5.10 Å². The lowest BCUT2D eigenvalue weighted by molar-refractivity contribution is -0.127. The van der Waals surface area contributed by atoms with Gasteiger partial charge in [-0.3, -0.25) is 14.8 Å². The van der Waals surface area contributed by atoms with Gasteiger partial charge in [0, 0.05) is 41.6 Å². The van der Waals surface area contributed by atoms with E-state index >= 15 is 0 Å². The van der Waals surface area contributed by atoms with Crippen LogP contribution in [0.15, 0.2) is 64.4 Å². The van der Waals surface area contributed by atoms with Crippen molar-refractivity contribution >= 4 is 38.5 Å². The Morgan fingerprint density at radius 2 is 2.08 bits per heavy atom. The minimum absolute atomic E-state index is 0.0712. The van der Waals surface area contributed by atoms with Gasteiger partial charge in [0.15, 0.2) is 0 Å². The van der Waals surface area contributed by atoms with Crippen molar-refractivity contribution in [3.8, 4) is 0 Å². The van der Waals surface area contributed by atoms with Crippen molar-refractivity contribution in [1.29, 1.82) is 0 Å².